The first-order valence-electron chi connectivity index (χ1n) is 5.56. The fraction of sp³-hybridized carbons (Fsp3) is 0.455. The molecule has 0 saturated carbocycles. The summed E-state index contributed by atoms with van der Waals surface area (Å²) in [5.41, 5.74) is 7.29. The number of nitrogens with zero attached hydrogens (tertiary/aromatic N) is 4. The number of hydrogen-bond donors (Lipinski definition) is 1. The number of pyridine rings is 1. The van der Waals surface area contributed by atoms with E-state index in [0.717, 1.165) is 24.4 Å². The van der Waals surface area contributed by atoms with Gasteiger partial charge in [-0.3, -0.25) is 4.90 Å². The average Bonchev–Trinajstić information content (AvgIpc) is 2.82. The number of rotatable bonds is 1. The second-order valence-corrected chi connectivity index (χ2v) is 4.37. The van der Waals surface area contributed by atoms with Crippen molar-refractivity contribution in [2.75, 3.05) is 19.3 Å². The number of likely N-dealkylation sites (tertiary alicyclic amines) is 1. The zero-order valence-corrected chi connectivity index (χ0v) is 9.30. The van der Waals surface area contributed by atoms with E-state index >= 15 is 0 Å². The molecule has 0 radical (unpaired) electrons. The maximum absolute atomic E-state index is 5.71. The molecule has 16 heavy (non-hydrogen) atoms. The SMILES string of the molecule is CN1CCCC1c1nc2ccc(N)cn2n1. The molecule has 5 nitrogen and oxygen atoms in total. The predicted octanol–water partition coefficient (Wildman–Crippen LogP) is 1.08. The Hall–Kier alpha value is -1.62. The first-order chi connectivity index (χ1) is 7.74. The van der Waals surface area contributed by atoms with Crippen molar-refractivity contribution < 1.29 is 0 Å². The summed E-state index contributed by atoms with van der Waals surface area (Å²) in [6.45, 7) is 1.13. The highest BCUT2D eigenvalue weighted by Gasteiger charge is 2.26. The molecule has 0 aliphatic carbocycles. The third-order valence-corrected chi connectivity index (χ3v) is 3.19. The van der Waals surface area contributed by atoms with E-state index < -0.39 is 0 Å². The van der Waals surface area contributed by atoms with E-state index in [4.69, 9.17) is 5.73 Å². The topological polar surface area (TPSA) is 59.5 Å². The minimum Gasteiger partial charge on any atom is -0.397 e. The normalized spacial score (nSPS) is 21.9. The van der Waals surface area contributed by atoms with Crippen LogP contribution in [0.3, 0.4) is 0 Å². The maximum atomic E-state index is 5.71. The molecule has 84 valence electrons. The zero-order chi connectivity index (χ0) is 11.1. The number of fused-ring (bicyclic) bond motifs is 1. The van der Waals surface area contributed by atoms with Gasteiger partial charge in [-0.25, -0.2) is 9.50 Å². The molecule has 0 amide bonds. The summed E-state index contributed by atoms with van der Waals surface area (Å²) in [6, 6.07) is 4.12. The van der Waals surface area contributed by atoms with Gasteiger partial charge in [-0.1, -0.05) is 0 Å². The van der Waals surface area contributed by atoms with E-state index in [0.29, 0.717) is 11.7 Å². The molecule has 1 saturated heterocycles. The van der Waals surface area contributed by atoms with E-state index in [1.807, 2.05) is 12.1 Å². The minimum atomic E-state index is 0.362. The van der Waals surface area contributed by atoms with E-state index in [1.165, 1.54) is 6.42 Å². The van der Waals surface area contributed by atoms with Crippen LogP contribution < -0.4 is 5.73 Å². The first kappa shape index (κ1) is 9.59. The molecule has 2 aromatic heterocycles. The van der Waals surface area contributed by atoms with Crippen molar-refractivity contribution in [2.24, 2.45) is 0 Å². The van der Waals surface area contributed by atoms with Crippen LogP contribution >= 0.6 is 0 Å². The zero-order valence-electron chi connectivity index (χ0n) is 9.30. The predicted molar refractivity (Wildman–Crippen MR) is 62.0 cm³/mol. The average molecular weight is 217 g/mol. The Morgan fingerprint density at radius 2 is 2.31 bits per heavy atom. The van der Waals surface area contributed by atoms with Crippen LogP contribution in [0.25, 0.3) is 5.65 Å². The monoisotopic (exact) mass is 217 g/mol. The summed E-state index contributed by atoms with van der Waals surface area (Å²) in [5.74, 6) is 0.908. The van der Waals surface area contributed by atoms with Crippen LogP contribution in [0.15, 0.2) is 18.3 Å². The summed E-state index contributed by atoms with van der Waals surface area (Å²) in [5, 5.41) is 4.49. The summed E-state index contributed by atoms with van der Waals surface area (Å²) in [4.78, 5) is 6.84. The fourth-order valence-corrected chi connectivity index (χ4v) is 2.29. The number of nitrogen functional groups attached to an aromatic ring is 1. The van der Waals surface area contributed by atoms with E-state index in [9.17, 15) is 0 Å². The second kappa shape index (κ2) is 3.45. The van der Waals surface area contributed by atoms with Crippen molar-refractivity contribution in [2.45, 2.75) is 18.9 Å². The molecule has 0 spiro atoms. The van der Waals surface area contributed by atoms with Crippen LogP contribution in [0.1, 0.15) is 24.7 Å². The molecule has 0 bridgehead atoms. The maximum Gasteiger partial charge on any atom is 0.168 e. The lowest BCUT2D eigenvalue weighted by atomic mass is 10.2. The van der Waals surface area contributed by atoms with Gasteiger partial charge in [0.2, 0.25) is 0 Å². The molecule has 1 aliphatic rings. The molecule has 1 aliphatic heterocycles. The number of hydrogen-bond acceptors (Lipinski definition) is 4. The second-order valence-electron chi connectivity index (χ2n) is 4.37. The molecular weight excluding hydrogens is 202 g/mol. The van der Waals surface area contributed by atoms with Crippen molar-refractivity contribution in [3.05, 3.63) is 24.2 Å². The van der Waals surface area contributed by atoms with Crippen LogP contribution in [0.5, 0.6) is 0 Å². The Balaban J connectivity index is 2.04. The van der Waals surface area contributed by atoms with Crippen molar-refractivity contribution in [1.29, 1.82) is 0 Å². The van der Waals surface area contributed by atoms with Gasteiger partial charge < -0.3 is 5.73 Å². The van der Waals surface area contributed by atoms with E-state index in [1.54, 1.807) is 10.7 Å². The lowest BCUT2D eigenvalue weighted by Crippen LogP contribution is -2.18. The van der Waals surface area contributed by atoms with Gasteiger partial charge >= 0.3 is 0 Å². The largest absolute Gasteiger partial charge is 0.397 e. The number of aromatic nitrogens is 3. The van der Waals surface area contributed by atoms with Gasteiger partial charge in [0.1, 0.15) is 0 Å². The smallest absolute Gasteiger partial charge is 0.168 e. The van der Waals surface area contributed by atoms with Gasteiger partial charge in [-0.05, 0) is 38.6 Å². The fourth-order valence-electron chi connectivity index (χ4n) is 2.29. The van der Waals surface area contributed by atoms with Crippen LogP contribution in [0, 0.1) is 0 Å². The standard InChI is InChI=1S/C11H15N5/c1-15-6-2-3-9(15)11-13-10-5-4-8(12)7-16(10)14-11/h4-5,7,9H,2-3,6,12H2,1H3. The van der Waals surface area contributed by atoms with Crippen LogP contribution in [-0.4, -0.2) is 33.1 Å². The molecule has 3 heterocycles. The Labute approximate surface area is 93.9 Å². The van der Waals surface area contributed by atoms with Gasteiger partial charge in [0.15, 0.2) is 11.5 Å². The summed E-state index contributed by atoms with van der Waals surface area (Å²) >= 11 is 0. The molecule has 1 fully saturated rings. The quantitative estimate of drug-likeness (QED) is 0.776. The summed E-state index contributed by atoms with van der Waals surface area (Å²) < 4.78 is 1.76. The molecule has 3 rings (SSSR count). The van der Waals surface area contributed by atoms with Crippen molar-refractivity contribution in [3.63, 3.8) is 0 Å². The van der Waals surface area contributed by atoms with E-state index in [-0.39, 0.29) is 0 Å². The molecule has 5 heteroatoms. The highest BCUT2D eigenvalue weighted by Crippen LogP contribution is 2.28. The highest BCUT2D eigenvalue weighted by molar-refractivity contribution is 5.46. The van der Waals surface area contributed by atoms with Gasteiger partial charge in [0, 0.05) is 0 Å². The minimum absolute atomic E-state index is 0.362. The summed E-state index contributed by atoms with van der Waals surface area (Å²) in [7, 11) is 2.12. The van der Waals surface area contributed by atoms with Gasteiger partial charge in [-0.2, -0.15) is 0 Å². The Morgan fingerprint density at radius 1 is 1.44 bits per heavy atom. The summed E-state index contributed by atoms with van der Waals surface area (Å²) in [6.07, 6.45) is 4.17. The molecule has 2 aromatic rings. The third-order valence-electron chi connectivity index (χ3n) is 3.19. The molecule has 0 aromatic carbocycles. The van der Waals surface area contributed by atoms with Crippen molar-refractivity contribution in [3.8, 4) is 0 Å². The Kier molecular flexibility index (Phi) is 2.07. The van der Waals surface area contributed by atoms with Gasteiger partial charge in [0.05, 0.1) is 17.9 Å². The molecule has 1 atom stereocenters. The lowest BCUT2D eigenvalue weighted by Gasteiger charge is -2.15. The van der Waals surface area contributed by atoms with Gasteiger partial charge in [0.25, 0.3) is 0 Å². The van der Waals surface area contributed by atoms with Crippen molar-refractivity contribution >= 4 is 11.3 Å². The molecule has 1 unspecified atom stereocenters. The number of nitrogens with two attached hydrogens (primary N) is 1. The lowest BCUT2D eigenvalue weighted by molar-refractivity contribution is 0.306. The Morgan fingerprint density at radius 3 is 3.06 bits per heavy atom. The van der Waals surface area contributed by atoms with Crippen molar-refractivity contribution in [1.82, 2.24) is 19.5 Å². The molecular formula is C11H15N5. The van der Waals surface area contributed by atoms with Crippen LogP contribution in [-0.2, 0) is 0 Å². The van der Waals surface area contributed by atoms with Crippen LogP contribution in [0.2, 0.25) is 0 Å². The number of anilines is 1. The van der Waals surface area contributed by atoms with Gasteiger partial charge in [-0.15, -0.1) is 5.10 Å². The highest BCUT2D eigenvalue weighted by atomic mass is 15.3. The Bertz CT molecular complexity index is 518. The van der Waals surface area contributed by atoms with E-state index in [2.05, 4.69) is 22.0 Å². The molecule has 2 N–H and O–H groups in total. The first-order valence-corrected chi connectivity index (χ1v) is 5.56. The third kappa shape index (κ3) is 1.44. The van der Waals surface area contributed by atoms with Crippen LogP contribution in [0.4, 0.5) is 5.69 Å².